The number of benzene rings is 1. The average Bonchev–Trinajstić information content (AvgIpc) is 2.81. The van der Waals surface area contributed by atoms with Gasteiger partial charge in [-0.3, -0.25) is 0 Å². The van der Waals surface area contributed by atoms with Gasteiger partial charge >= 0.3 is 5.97 Å². The summed E-state index contributed by atoms with van der Waals surface area (Å²) in [5, 5.41) is 0. The van der Waals surface area contributed by atoms with Crippen LogP contribution in [0.15, 0.2) is 36.5 Å². The molecule has 0 spiro atoms. The molecule has 0 unspecified atom stereocenters. The van der Waals surface area contributed by atoms with E-state index >= 15 is 0 Å². The van der Waals surface area contributed by atoms with Gasteiger partial charge in [0, 0.05) is 24.4 Å². The van der Waals surface area contributed by atoms with Crippen LogP contribution in [0.2, 0.25) is 0 Å². The smallest absolute Gasteiger partial charge is 0.354 e. The zero-order valence-electron chi connectivity index (χ0n) is 11.3. The van der Waals surface area contributed by atoms with Crippen molar-refractivity contribution in [2.24, 2.45) is 7.05 Å². The summed E-state index contributed by atoms with van der Waals surface area (Å²) in [6, 6.07) is 9.58. The first kappa shape index (κ1) is 13.2. The molecule has 4 nitrogen and oxygen atoms in total. The summed E-state index contributed by atoms with van der Waals surface area (Å²) in [6.45, 7) is 2.55. The molecule has 0 bridgehead atoms. The molecule has 4 heteroatoms. The van der Waals surface area contributed by atoms with Crippen LogP contribution in [0.4, 0.5) is 0 Å². The second-order valence-electron chi connectivity index (χ2n) is 4.15. The number of para-hydroxylation sites is 1. The van der Waals surface area contributed by atoms with Gasteiger partial charge in [0.15, 0.2) is 0 Å². The van der Waals surface area contributed by atoms with Crippen LogP contribution < -0.4 is 4.74 Å². The minimum atomic E-state index is -0.345. The maximum absolute atomic E-state index is 11.6. The molecule has 0 amide bonds. The molecule has 1 aromatic heterocycles. The zero-order valence-corrected chi connectivity index (χ0v) is 11.3. The molecule has 0 fully saturated rings. The molecule has 0 atom stereocenters. The van der Waals surface area contributed by atoms with E-state index in [1.165, 1.54) is 7.11 Å². The van der Waals surface area contributed by atoms with Gasteiger partial charge in [0.1, 0.15) is 11.4 Å². The highest BCUT2D eigenvalue weighted by Gasteiger charge is 2.14. The van der Waals surface area contributed by atoms with Crippen LogP contribution in [-0.2, 0) is 11.8 Å². The molecule has 0 aliphatic heterocycles. The Labute approximate surface area is 112 Å². The van der Waals surface area contributed by atoms with Crippen molar-refractivity contribution in [1.29, 1.82) is 0 Å². The van der Waals surface area contributed by atoms with Gasteiger partial charge in [-0.1, -0.05) is 18.2 Å². The maximum Gasteiger partial charge on any atom is 0.354 e. The fourth-order valence-electron chi connectivity index (χ4n) is 2.01. The van der Waals surface area contributed by atoms with Gasteiger partial charge in [-0.25, -0.2) is 4.79 Å². The van der Waals surface area contributed by atoms with E-state index in [0.717, 1.165) is 16.9 Å². The van der Waals surface area contributed by atoms with Crippen molar-refractivity contribution >= 4 is 5.97 Å². The molecule has 0 aliphatic rings. The third-order valence-corrected chi connectivity index (χ3v) is 2.90. The first-order valence-electron chi connectivity index (χ1n) is 6.14. The largest absolute Gasteiger partial charge is 0.493 e. The molecule has 1 aromatic carbocycles. The van der Waals surface area contributed by atoms with E-state index in [1.807, 2.05) is 50.5 Å². The SMILES string of the molecule is CCOc1ccccc1-c1cc(C(=O)OC)n(C)c1. The highest BCUT2D eigenvalue weighted by Crippen LogP contribution is 2.31. The lowest BCUT2D eigenvalue weighted by atomic mass is 10.1. The molecule has 0 N–H and O–H groups in total. The summed E-state index contributed by atoms with van der Waals surface area (Å²) in [6.07, 6.45) is 1.89. The number of rotatable bonds is 4. The van der Waals surface area contributed by atoms with Gasteiger partial charge in [0.25, 0.3) is 0 Å². The minimum Gasteiger partial charge on any atom is -0.493 e. The van der Waals surface area contributed by atoms with Crippen LogP contribution in [-0.4, -0.2) is 24.3 Å². The molecular formula is C15H17NO3. The fourth-order valence-corrected chi connectivity index (χ4v) is 2.01. The topological polar surface area (TPSA) is 40.5 Å². The van der Waals surface area contributed by atoms with Gasteiger partial charge in [0.05, 0.1) is 13.7 Å². The van der Waals surface area contributed by atoms with Crippen molar-refractivity contribution in [3.63, 3.8) is 0 Å². The molecular weight excluding hydrogens is 242 g/mol. The van der Waals surface area contributed by atoms with Crippen molar-refractivity contribution in [2.75, 3.05) is 13.7 Å². The van der Waals surface area contributed by atoms with Crippen LogP contribution in [0.5, 0.6) is 5.75 Å². The number of carbonyl (C=O) groups excluding carboxylic acids is 1. The Morgan fingerprint density at radius 1 is 1.32 bits per heavy atom. The second kappa shape index (κ2) is 5.61. The summed E-state index contributed by atoms with van der Waals surface area (Å²) in [4.78, 5) is 11.6. The van der Waals surface area contributed by atoms with E-state index in [4.69, 9.17) is 9.47 Å². The van der Waals surface area contributed by atoms with Crippen molar-refractivity contribution in [3.8, 4) is 16.9 Å². The number of nitrogens with zero attached hydrogens (tertiary/aromatic N) is 1. The van der Waals surface area contributed by atoms with Gasteiger partial charge in [0.2, 0.25) is 0 Å². The highest BCUT2D eigenvalue weighted by molar-refractivity contribution is 5.90. The van der Waals surface area contributed by atoms with E-state index in [0.29, 0.717) is 12.3 Å². The van der Waals surface area contributed by atoms with Crippen LogP contribution in [0.25, 0.3) is 11.1 Å². The first-order chi connectivity index (χ1) is 9.17. The van der Waals surface area contributed by atoms with E-state index in [-0.39, 0.29) is 5.97 Å². The van der Waals surface area contributed by atoms with E-state index in [1.54, 1.807) is 4.57 Å². The lowest BCUT2D eigenvalue weighted by molar-refractivity contribution is 0.0590. The Balaban J connectivity index is 2.45. The average molecular weight is 259 g/mol. The quantitative estimate of drug-likeness (QED) is 0.793. The number of ether oxygens (including phenoxy) is 2. The number of hydrogen-bond donors (Lipinski definition) is 0. The zero-order chi connectivity index (χ0) is 13.8. The van der Waals surface area contributed by atoms with E-state index < -0.39 is 0 Å². The monoisotopic (exact) mass is 259 g/mol. The number of aromatic nitrogens is 1. The number of hydrogen-bond acceptors (Lipinski definition) is 3. The number of methoxy groups -OCH3 is 1. The Bertz CT molecular complexity index is 587. The minimum absolute atomic E-state index is 0.345. The van der Waals surface area contributed by atoms with Gasteiger partial charge in [-0.05, 0) is 19.1 Å². The van der Waals surface area contributed by atoms with E-state index in [9.17, 15) is 4.79 Å². The van der Waals surface area contributed by atoms with Gasteiger partial charge < -0.3 is 14.0 Å². The summed E-state index contributed by atoms with van der Waals surface area (Å²) < 4.78 is 12.1. The lowest BCUT2D eigenvalue weighted by Crippen LogP contribution is -2.06. The molecule has 0 saturated carbocycles. The number of carbonyl (C=O) groups is 1. The summed E-state index contributed by atoms with van der Waals surface area (Å²) >= 11 is 0. The standard InChI is InChI=1S/C15H17NO3/c1-4-19-14-8-6-5-7-12(14)11-9-13(15(17)18-3)16(2)10-11/h5-10H,4H2,1-3H3. The highest BCUT2D eigenvalue weighted by atomic mass is 16.5. The number of esters is 1. The van der Waals surface area contributed by atoms with Crippen molar-refractivity contribution in [3.05, 3.63) is 42.2 Å². The van der Waals surface area contributed by atoms with E-state index in [2.05, 4.69) is 0 Å². The second-order valence-corrected chi connectivity index (χ2v) is 4.15. The van der Waals surface area contributed by atoms with Crippen LogP contribution in [0.3, 0.4) is 0 Å². The third-order valence-electron chi connectivity index (χ3n) is 2.90. The molecule has 2 aromatic rings. The molecule has 2 rings (SSSR count). The Hall–Kier alpha value is -2.23. The Morgan fingerprint density at radius 2 is 2.05 bits per heavy atom. The Morgan fingerprint density at radius 3 is 2.74 bits per heavy atom. The molecule has 1 heterocycles. The summed E-state index contributed by atoms with van der Waals surface area (Å²) in [5.74, 6) is 0.467. The van der Waals surface area contributed by atoms with Crippen LogP contribution in [0.1, 0.15) is 17.4 Å². The van der Waals surface area contributed by atoms with Crippen LogP contribution >= 0.6 is 0 Å². The Kier molecular flexibility index (Phi) is 3.90. The van der Waals surface area contributed by atoms with Crippen molar-refractivity contribution in [1.82, 2.24) is 4.57 Å². The summed E-state index contributed by atoms with van der Waals surface area (Å²) in [7, 11) is 3.20. The third kappa shape index (κ3) is 2.62. The van der Waals surface area contributed by atoms with Crippen molar-refractivity contribution in [2.45, 2.75) is 6.92 Å². The molecule has 19 heavy (non-hydrogen) atoms. The van der Waals surface area contributed by atoms with Crippen LogP contribution in [0, 0.1) is 0 Å². The molecule has 0 aliphatic carbocycles. The summed E-state index contributed by atoms with van der Waals surface area (Å²) in [5.41, 5.74) is 2.42. The molecule has 100 valence electrons. The first-order valence-corrected chi connectivity index (χ1v) is 6.14. The van der Waals surface area contributed by atoms with Crippen molar-refractivity contribution < 1.29 is 14.3 Å². The molecule has 0 radical (unpaired) electrons. The normalized spacial score (nSPS) is 10.3. The number of aryl methyl sites for hydroxylation is 1. The predicted octanol–water partition coefficient (Wildman–Crippen LogP) is 2.88. The molecule has 0 saturated heterocycles. The fraction of sp³-hybridized carbons (Fsp3) is 0.267. The lowest BCUT2D eigenvalue weighted by Gasteiger charge is -2.08. The maximum atomic E-state index is 11.6. The van der Waals surface area contributed by atoms with Gasteiger partial charge in [-0.2, -0.15) is 0 Å². The predicted molar refractivity (Wildman–Crippen MR) is 73.4 cm³/mol. The van der Waals surface area contributed by atoms with Gasteiger partial charge in [-0.15, -0.1) is 0 Å².